The summed E-state index contributed by atoms with van der Waals surface area (Å²) in [5, 5.41) is 19.5. The van der Waals surface area contributed by atoms with Gasteiger partial charge in [0.15, 0.2) is 6.10 Å². The average molecular weight is 204 g/mol. The molecular formula is C8H16N2O4. The summed E-state index contributed by atoms with van der Waals surface area (Å²) in [6.45, 7) is 0.344. The fourth-order valence-corrected chi connectivity index (χ4v) is 0.711. The molecule has 0 rings (SSSR count). The van der Waals surface area contributed by atoms with Gasteiger partial charge in [-0.3, -0.25) is 4.79 Å². The second kappa shape index (κ2) is 6.33. The molecule has 0 fully saturated rings. The average Bonchev–Trinajstić information content (AvgIpc) is 2.10. The lowest BCUT2D eigenvalue weighted by Crippen LogP contribution is -2.37. The van der Waals surface area contributed by atoms with Crippen LogP contribution in [0.25, 0.3) is 0 Å². The second-order valence-corrected chi connectivity index (χ2v) is 3.21. The number of nitrogens with one attached hydrogen (secondary N) is 1. The van der Waals surface area contributed by atoms with E-state index in [-0.39, 0.29) is 12.5 Å². The van der Waals surface area contributed by atoms with E-state index in [4.69, 9.17) is 10.2 Å². The van der Waals surface area contributed by atoms with Crippen molar-refractivity contribution in [2.75, 3.05) is 27.2 Å². The molecule has 1 atom stereocenters. The van der Waals surface area contributed by atoms with E-state index in [1.807, 2.05) is 19.0 Å². The molecular weight excluding hydrogens is 188 g/mol. The van der Waals surface area contributed by atoms with Crippen LogP contribution in [0.3, 0.4) is 0 Å². The van der Waals surface area contributed by atoms with Crippen molar-refractivity contribution < 1.29 is 19.8 Å². The fraction of sp³-hybridized carbons (Fsp3) is 0.750. The Labute approximate surface area is 82.5 Å². The van der Waals surface area contributed by atoms with Gasteiger partial charge in [-0.1, -0.05) is 0 Å². The van der Waals surface area contributed by atoms with Crippen LogP contribution in [0.5, 0.6) is 0 Å². The zero-order chi connectivity index (χ0) is 11.1. The van der Waals surface area contributed by atoms with Gasteiger partial charge in [0.25, 0.3) is 0 Å². The van der Waals surface area contributed by atoms with Crippen molar-refractivity contribution in [1.29, 1.82) is 0 Å². The molecule has 0 saturated carbocycles. The highest BCUT2D eigenvalue weighted by Gasteiger charge is 2.13. The number of aliphatic carboxylic acids is 1. The molecule has 0 bridgehead atoms. The number of carboxylic acids is 1. The summed E-state index contributed by atoms with van der Waals surface area (Å²) in [6, 6.07) is 0. The zero-order valence-corrected chi connectivity index (χ0v) is 8.36. The highest BCUT2D eigenvalue weighted by molar-refractivity contribution is 5.78. The van der Waals surface area contributed by atoms with Gasteiger partial charge in [-0.05, 0) is 14.1 Å². The normalized spacial score (nSPS) is 12.6. The first-order chi connectivity index (χ1) is 6.43. The van der Waals surface area contributed by atoms with Crippen LogP contribution in [0.2, 0.25) is 0 Å². The Kier molecular flexibility index (Phi) is 5.82. The minimum Gasteiger partial charge on any atom is -0.479 e. The standard InChI is InChI=1S/C8H16N2O4/c1-10(2)4-3-7(12)9-5-6(11)8(13)14/h6,11H,3-5H2,1-2H3,(H,9,12)(H,13,14)/t6-/m0/s1. The minimum absolute atomic E-state index is 0.248. The van der Waals surface area contributed by atoms with E-state index >= 15 is 0 Å². The first kappa shape index (κ1) is 12.9. The quantitative estimate of drug-likeness (QED) is 0.490. The van der Waals surface area contributed by atoms with E-state index in [1.54, 1.807) is 0 Å². The fourth-order valence-electron chi connectivity index (χ4n) is 0.711. The molecule has 0 aromatic rings. The number of hydrogen-bond donors (Lipinski definition) is 3. The van der Waals surface area contributed by atoms with Gasteiger partial charge in [0.05, 0.1) is 6.54 Å². The lowest BCUT2D eigenvalue weighted by atomic mass is 10.3. The molecule has 0 aromatic carbocycles. The Morgan fingerprint density at radius 2 is 2.00 bits per heavy atom. The van der Waals surface area contributed by atoms with Gasteiger partial charge < -0.3 is 20.4 Å². The SMILES string of the molecule is CN(C)CCC(=O)NC[C@H](O)C(=O)O. The molecule has 1 amide bonds. The van der Waals surface area contributed by atoms with Crippen LogP contribution in [0.1, 0.15) is 6.42 Å². The summed E-state index contributed by atoms with van der Waals surface area (Å²) < 4.78 is 0. The monoisotopic (exact) mass is 204 g/mol. The Morgan fingerprint density at radius 1 is 1.43 bits per heavy atom. The lowest BCUT2D eigenvalue weighted by molar-refractivity contribution is -0.146. The largest absolute Gasteiger partial charge is 0.479 e. The van der Waals surface area contributed by atoms with Crippen LogP contribution in [-0.2, 0) is 9.59 Å². The molecule has 6 nitrogen and oxygen atoms in total. The smallest absolute Gasteiger partial charge is 0.334 e. The number of carboxylic acid groups (broad SMARTS) is 1. The first-order valence-electron chi connectivity index (χ1n) is 4.25. The Bertz CT molecular complexity index is 206. The summed E-state index contributed by atoms with van der Waals surface area (Å²) in [7, 11) is 3.67. The molecule has 0 radical (unpaired) electrons. The molecule has 0 aliphatic rings. The second-order valence-electron chi connectivity index (χ2n) is 3.21. The van der Waals surface area contributed by atoms with E-state index in [2.05, 4.69) is 5.32 Å². The topological polar surface area (TPSA) is 89.9 Å². The maximum atomic E-state index is 11.0. The van der Waals surface area contributed by atoms with E-state index in [1.165, 1.54) is 0 Å². The molecule has 0 saturated heterocycles. The Balaban J connectivity index is 3.59. The molecule has 0 aliphatic heterocycles. The van der Waals surface area contributed by atoms with Crippen molar-refractivity contribution in [1.82, 2.24) is 10.2 Å². The van der Waals surface area contributed by atoms with Crippen molar-refractivity contribution >= 4 is 11.9 Å². The third-order valence-electron chi connectivity index (χ3n) is 1.56. The van der Waals surface area contributed by atoms with Crippen LogP contribution >= 0.6 is 0 Å². The van der Waals surface area contributed by atoms with Gasteiger partial charge in [0, 0.05) is 13.0 Å². The van der Waals surface area contributed by atoms with Crippen molar-refractivity contribution in [2.24, 2.45) is 0 Å². The van der Waals surface area contributed by atoms with Crippen LogP contribution in [0.4, 0.5) is 0 Å². The van der Waals surface area contributed by atoms with Crippen molar-refractivity contribution in [2.45, 2.75) is 12.5 Å². The van der Waals surface area contributed by atoms with Gasteiger partial charge in [0.2, 0.25) is 5.91 Å². The van der Waals surface area contributed by atoms with E-state index in [0.29, 0.717) is 13.0 Å². The van der Waals surface area contributed by atoms with Crippen LogP contribution in [0.15, 0.2) is 0 Å². The zero-order valence-electron chi connectivity index (χ0n) is 8.36. The van der Waals surface area contributed by atoms with E-state index < -0.39 is 12.1 Å². The van der Waals surface area contributed by atoms with Gasteiger partial charge in [0.1, 0.15) is 0 Å². The number of carbonyl (C=O) groups is 2. The van der Waals surface area contributed by atoms with Crippen LogP contribution in [-0.4, -0.2) is 60.3 Å². The third-order valence-corrected chi connectivity index (χ3v) is 1.56. The number of carbonyl (C=O) groups excluding carboxylic acids is 1. The molecule has 82 valence electrons. The molecule has 0 spiro atoms. The minimum atomic E-state index is -1.53. The van der Waals surface area contributed by atoms with Crippen LogP contribution in [0, 0.1) is 0 Å². The molecule has 0 aliphatic carbocycles. The molecule has 0 aromatic heterocycles. The molecule has 14 heavy (non-hydrogen) atoms. The van der Waals surface area contributed by atoms with Crippen molar-refractivity contribution in [3.8, 4) is 0 Å². The summed E-state index contributed by atoms with van der Waals surface area (Å²) in [6.07, 6.45) is -1.24. The highest BCUT2D eigenvalue weighted by Crippen LogP contribution is 1.85. The summed E-state index contributed by atoms with van der Waals surface area (Å²) in [4.78, 5) is 23.0. The number of aliphatic hydroxyl groups excluding tert-OH is 1. The van der Waals surface area contributed by atoms with Gasteiger partial charge in [-0.25, -0.2) is 4.79 Å². The Morgan fingerprint density at radius 3 is 2.43 bits per heavy atom. The molecule has 0 heterocycles. The maximum absolute atomic E-state index is 11.0. The number of nitrogens with zero attached hydrogens (tertiary/aromatic N) is 1. The van der Waals surface area contributed by atoms with E-state index in [9.17, 15) is 9.59 Å². The molecule has 0 unspecified atom stereocenters. The van der Waals surface area contributed by atoms with Crippen molar-refractivity contribution in [3.63, 3.8) is 0 Å². The third kappa shape index (κ3) is 6.38. The number of rotatable bonds is 6. The molecule has 6 heteroatoms. The Hall–Kier alpha value is -1.14. The maximum Gasteiger partial charge on any atom is 0.334 e. The predicted molar refractivity (Wildman–Crippen MR) is 49.8 cm³/mol. The van der Waals surface area contributed by atoms with Gasteiger partial charge >= 0.3 is 5.97 Å². The van der Waals surface area contributed by atoms with Gasteiger partial charge in [-0.2, -0.15) is 0 Å². The van der Waals surface area contributed by atoms with E-state index in [0.717, 1.165) is 0 Å². The first-order valence-corrected chi connectivity index (χ1v) is 4.25. The number of amides is 1. The van der Waals surface area contributed by atoms with Gasteiger partial charge in [-0.15, -0.1) is 0 Å². The highest BCUT2D eigenvalue weighted by atomic mass is 16.4. The summed E-state index contributed by atoms with van der Waals surface area (Å²) in [5.74, 6) is -1.60. The molecule has 3 N–H and O–H groups in total. The number of aliphatic hydroxyl groups is 1. The summed E-state index contributed by atoms with van der Waals surface area (Å²) >= 11 is 0. The van der Waals surface area contributed by atoms with Crippen molar-refractivity contribution in [3.05, 3.63) is 0 Å². The summed E-state index contributed by atoms with van der Waals surface area (Å²) in [5.41, 5.74) is 0. The predicted octanol–water partition coefficient (Wildman–Crippen LogP) is -1.50. The number of hydrogen-bond acceptors (Lipinski definition) is 4. The van der Waals surface area contributed by atoms with Crippen LogP contribution < -0.4 is 5.32 Å². The lowest BCUT2D eigenvalue weighted by Gasteiger charge is -2.10.